The van der Waals surface area contributed by atoms with E-state index in [-0.39, 0.29) is 0 Å². The first-order valence-corrected chi connectivity index (χ1v) is 8.82. The van der Waals surface area contributed by atoms with Gasteiger partial charge in [0.05, 0.1) is 12.9 Å². The number of ether oxygens (including phenoxy) is 1. The normalized spacial score (nSPS) is 10.9. The summed E-state index contributed by atoms with van der Waals surface area (Å²) in [6.07, 6.45) is 2.57. The maximum absolute atomic E-state index is 5.82. The van der Waals surface area contributed by atoms with E-state index in [2.05, 4.69) is 47.6 Å². The Morgan fingerprint density at radius 3 is 2.79 bits per heavy atom. The number of aromatic nitrogens is 4. The van der Waals surface area contributed by atoms with E-state index in [0.717, 1.165) is 28.8 Å². The van der Waals surface area contributed by atoms with Crippen LogP contribution in [-0.2, 0) is 6.54 Å². The van der Waals surface area contributed by atoms with E-state index >= 15 is 0 Å². The molecule has 0 saturated heterocycles. The van der Waals surface area contributed by atoms with Crippen molar-refractivity contribution < 1.29 is 9.15 Å². The van der Waals surface area contributed by atoms with Crippen molar-refractivity contribution in [1.82, 2.24) is 20.2 Å². The summed E-state index contributed by atoms with van der Waals surface area (Å²) in [4.78, 5) is 0. The van der Waals surface area contributed by atoms with Crippen LogP contribution in [0.2, 0.25) is 0 Å². The number of thioether (sulfide) groups is 1. The van der Waals surface area contributed by atoms with Crippen molar-refractivity contribution in [3.05, 3.63) is 53.5 Å². The summed E-state index contributed by atoms with van der Waals surface area (Å²) in [7, 11) is 0. The average Bonchev–Trinajstić information content (AvgIpc) is 3.19. The van der Waals surface area contributed by atoms with Crippen LogP contribution in [0, 0.1) is 13.8 Å². The molecular weight excluding hydrogens is 324 g/mol. The summed E-state index contributed by atoms with van der Waals surface area (Å²) in [5.74, 6) is 2.66. The summed E-state index contributed by atoms with van der Waals surface area (Å²) in [6, 6.07) is 10.0. The highest BCUT2D eigenvalue weighted by Gasteiger charge is 2.08. The van der Waals surface area contributed by atoms with Crippen LogP contribution in [0.3, 0.4) is 0 Å². The van der Waals surface area contributed by atoms with Gasteiger partial charge >= 0.3 is 0 Å². The van der Waals surface area contributed by atoms with E-state index in [1.54, 1.807) is 22.7 Å². The van der Waals surface area contributed by atoms with Crippen LogP contribution in [0.15, 0.2) is 46.2 Å². The van der Waals surface area contributed by atoms with Gasteiger partial charge in [0.25, 0.3) is 0 Å². The largest absolute Gasteiger partial charge is 0.494 e. The van der Waals surface area contributed by atoms with Crippen LogP contribution in [0.25, 0.3) is 0 Å². The molecule has 3 rings (SSSR count). The summed E-state index contributed by atoms with van der Waals surface area (Å²) in [5, 5.41) is 12.6. The van der Waals surface area contributed by atoms with Gasteiger partial charge in [0, 0.05) is 5.75 Å². The molecule has 1 aromatic carbocycles. The highest BCUT2D eigenvalue weighted by molar-refractivity contribution is 7.99. The van der Waals surface area contributed by atoms with Gasteiger partial charge in [-0.3, -0.25) is 0 Å². The van der Waals surface area contributed by atoms with Crippen molar-refractivity contribution >= 4 is 11.8 Å². The van der Waals surface area contributed by atoms with Crippen molar-refractivity contribution in [2.75, 3.05) is 12.4 Å². The number of hydrogen-bond acceptors (Lipinski definition) is 6. The lowest BCUT2D eigenvalue weighted by Gasteiger charge is -2.08. The fraction of sp³-hybridized carbons (Fsp3) is 0.353. The van der Waals surface area contributed by atoms with E-state index < -0.39 is 0 Å². The van der Waals surface area contributed by atoms with E-state index in [4.69, 9.17) is 9.15 Å². The summed E-state index contributed by atoms with van der Waals surface area (Å²) < 4.78 is 12.9. The number of furan rings is 1. The highest BCUT2D eigenvalue weighted by Crippen LogP contribution is 2.18. The van der Waals surface area contributed by atoms with Crippen LogP contribution in [0.4, 0.5) is 0 Å². The lowest BCUT2D eigenvalue weighted by molar-refractivity contribution is 0.318. The minimum Gasteiger partial charge on any atom is -0.494 e. The smallest absolute Gasteiger partial charge is 0.209 e. The Morgan fingerprint density at radius 2 is 2.04 bits per heavy atom. The number of benzene rings is 1. The second kappa shape index (κ2) is 8.01. The number of nitrogens with zero attached hydrogens (tertiary/aromatic N) is 4. The minimum absolute atomic E-state index is 0.543. The third-order valence-corrected chi connectivity index (χ3v) is 4.41. The highest BCUT2D eigenvalue weighted by atomic mass is 32.2. The zero-order valence-corrected chi connectivity index (χ0v) is 14.6. The van der Waals surface area contributed by atoms with Gasteiger partial charge in [0.2, 0.25) is 5.16 Å². The SMILES string of the molecule is Cc1cc(C)cc(OCCCSc2nnnn2Cc2ccco2)c1. The quantitative estimate of drug-likeness (QED) is 0.460. The predicted molar refractivity (Wildman–Crippen MR) is 92.4 cm³/mol. The van der Waals surface area contributed by atoms with Crippen LogP contribution in [-0.4, -0.2) is 32.6 Å². The molecule has 0 fully saturated rings. The molecule has 0 aliphatic rings. The third kappa shape index (κ3) is 4.61. The molecule has 126 valence electrons. The van der Waals surface area contributed by atoms with Crippen molar-refractivity contribution in [1.29, 1.82) is 0 Å². The van der Waals surface area contributed by atoms with Gasteiger partial charge in [0.1, 0.15) is 18.1 Å². The maximum Gasteiger partial charge on any atom is 0.209 e. The Kier molecular flexibility index (Phi) is 5.53. The van der Waals surface area contributed by atoms with Crippen molar-refractivity contribution in [2.45, 2.75) is 32.0 Å². The summed E-state index contributed by atoms with van der Waals surface area (Å²) in [5.41, 5.74) is 2.44. The number of aryl methyl sites for hydroxylation is 2. The molecule has 0 aliphatic heterocycles. The third-order valence-electron chi connectivity index (χ3n) is 3.37. The Balaban J connectivity index is 1.43. The van der Waals surface area contributed by atoms with Crippen LogP contribution in [0.1, 0.15) is 23.3 Å². The fourth-order valence-electron chi connectivity index (χ4n) is 2.38. The van der Waals surface area contributed by atoms with Gasteiger partial charge in [-0.15, -0.1) is 5.10 Å². The Labute approximate surface area is 145 Å². The molecule has 0 spiro atoms. The number of rotatable bonds is 8. The molecule has 0 bridgehead atoms. The van der Waals surface area contributed by atoms with Crippen LogP contribution in [0.5, 0.6) is 5.75 Å². The molecule has 0 unspecified atom stereocenters. The first-order valence-electron chi connectivity index (χ1n) is 7.83. The monoisotopic (exact) mass is 344 g/mol. The molecule has 0 amide bonds. The van der Waals surface area contributed by atoms with E-state index in [9.17, 15) is 0 Å². The second-order valence-electron chi connectivity index (χ2n) is 5.57. The van der Waals surface area contributed by atoms with Gasteiger partial charge < -0.3 is 9.15 Å². The van der Waals surface area contributed by atoms with E-state index in [1.165, 1.54) is 11.1 Å². The maximum atomic E-state index is 5.82. The lowest BCUT2D eigenvalue weighted by Crippen LogP contribution is -2.04. The minimum atomic E-state index is 0.543. The van der Waals surface area contributed by atoms with E-state index in [1.807, 2.05) is 12.1 Å². The molecular formula is C17H20N4O2S. The fourth-order valence-corrected chi connectivity index (χ4v) is 3.17. The molecule has 0 atom stereocenters. The van der Waals surface area contributed by atoms with Gasteiger partial charge in [-0.1, -0.05) is 17.8 Å². The molecule has 6 nitrogen and oxygen atoms in total. The molecule has 0 saturated carbocycles. The van der Waals surface area contributed by atoms with Crippen molar-refractivity contribution in [3.8, 4) is 5.75 Å². The zero-order chi connectivity index (χ0) is 16.8. The molecule has 24 heavy (non-hydrogen) atoms. The average molecular weight is 344 g/mol. The summed E-state index contributed by atoms with van der Waals surface area (Å²) >= 11 is 1.62. The van der Waals surface area contributed by atoms with Crippen LogP contribution >= 0.6 is 11.8 Å². The zero-order valence-electron chi connectivity index (χ0n) is 13.8. The molecule has 7 heteroatoms. The van der Waals surface area contributed by atoms with E-state index in [0.29, 0.717) is 13.2 Å². The van der Waals surface area contributed by atoms with Gasteiger partial charge in [-0.25, -0.2) is 4.68 Å². The Hall–Kier alpha value is -2.28. The van der Waals surface area contributed by atoms with Gasteiger partial charge in [-0.2, -0.15) is 0 Å². The number of tetrazole rings is 1. The molecule has 0 aliphatic carbocycles. The van der Waals surface area contributed by atoms with Gasteiger partial charge in [0.15, 0.2) is 0 Å². The molecule has 3 aromatic rings. The first-order chi connectivity index (χ1) is 11.7. The van der Waals surface area contributed by atoms with Crippen molar-refractivity contribution in [2.24, 2.45) is 0 Å². The number of hydrogen-bond donors (Lipinski definition) is 0. The van der Waals surface area contributed by atoms with Crippen molar-refractivity contribution in [3.63, 3.8) is 0 Å². The standard InChI is InChI=1S/C17H20N4O2S/c1-13-9-14(2)11-16(10-13)23-7-4-8-24-17-18-19-20-21(17)12-15-5-3-6-22-15/h3,5-6,9-11H,4,7-8,12H2,1-2H3. The molecule has 2 heterocycles. The topological polar surface area (TPSA) is 66.0 Å². The Morgan fingerprint density at radius 1 is 1.21 bits per heavy atom. The van der Waals surface area contributed by atoms with Gasteiger partial charge in [-0.05, 0) is 66.1 Å². The lowest BCUT2D eigenvalue weighted by atomic mass is 10.1. The van der Waals surface area contributed by atoms with Crippen LogP contribution < -0.4 is 4.74 Å². The predicted octanol–water partition coefficient (Wildman–Crippen LogP) is 3.49. The first kappa shape index (κ1) is 16.6. The molecule has 0 radical (unpaired) electrons. The summed E-state index contributed by atoms with van der Waals surface area (Å²) in [6.45, 7) is 5.38. The molecule has 2 aromatic heterocycles. The molecule has 0 N–H and O–H groups in total. The Bertz CT molecular complexity index is 751. The second-order valence-corrected chi connectivity index (χ2v) is 6.63.